The van der Waals surface area contributed by atoms with Crippen molar-refractivity contribution in [1.82, 2.24) is 111 Å². The Kier molecular flexibility index (Phi) is 49.2. The summed E-state index contributed by atoms with van der Waals surface area (Å²) in [7, 11) is 0. The van der Waals surface area contributed by atoms with E-state index in [1.807, 2.05) is 10.6 Å². The molecule has 57 heteroatoms. The Hall–Kier alpha value is -12.2. The van der Waals surface area contributed by atoms with Gasteiger partial charge >= 0.3 is 17.9 Å². The van der Waals surface area contributed by atoms with Crippen LogP contribution in [0.3, 0.4) is 0 Å². The zero-order valence-electron chi connectivity index (χ0n) is 78.7. The van der Waals surface area contributed by atoms with E-state index >= 15 is 33.6 Å². The van der Waals surface area contributed by atoms with Gasteiger partial charge in [0.05, 0.1) is 44.1 Å². The first-order valence-corrected chi connectivity index (χ1v) is 47.9. The SMILES string of the molecule is C=C1NC(=O)[C@@H]2CS[C@@H](C)[C@@H](NC(=O)[C@H]([C@@H](C)CC)NC(=O)[C@@H]3CCCN3C(=O)CNC(=O)[C@H](CO)NC1=O)C(=O)N[C@@H](C)C(=O)N[C@@H]([C@@H](C)CC)C(=O)N[C@H]1CS[C@@H](C)[C@@H](NC(=O)[C@H](CO)NC(=O)[C@H](C)NC(=O)[C@@H](NC(=O)[C@H](CCC(=O)O)NC(=O)[C@H](C)NC(=O)[C@H](C)N)CS[C@@H](C)[C@H](C(=O)N[C@@H](CCCCN)C(=O)O)NC(=O)[C@H]([C@@H](C)O)NC(=O)CNC(=O)[C@H]([C@@H](O)C(=O)O)NC1=O)C(=O)N2. The maximum absolute atomic E-state index is 15.7. The predicted octanol–water partition coefficient (Wildman–Crippen LogP) is -13.1. The van der Waals surface area contributed by atoms with Crippen molar-refractivity contribution in [2.24, 2.45) is 23.3 Å². The van der Waals surface area contributed by atoms with E-state index in [-0.39, 0.29) is 58.0 Å². The highest BCUT2D eigenvalue weighted by Crippen LogP contribution is 2.25. The molecule has 778 valence electrons. The normalized spacial score (nSPS) is 28.5. The van der Waals surface area contributed by atoms with Crippen LogP contribution >= 0.6 is 35.3 Å². The molecule has 0 aromatic carbocycles. The van der Waals surface area contributed by atoms with Gasteiger partial charge in [-0.25, -0.2) is 9.59 Å². The van der Waals surface area contributed by atoms with Crippen molar-refractivity contribution >= 4 is 177 Å². The van der Waals surface area contributed by atoms with Gasteiger partial charge < -0.3 is 158 Å². The average Bonchev–Trinajstić information content (AvgIpc) is 1.74. The van der Waals surface area contributed by atoms with Gasteiger partial charge in [-0.3, -0.25) is 105 Å². The van der Waals surface area contributed by atoms with Crippen LogP contribution in [0.4, 0.5) is 0 Å². The maximum Gasteiger partial charge on any atom is 0.335 e. The van der Waals surface area contributed by atoms with Crippen LogP contribution in [0.2, 0.25) is 0 Å². The molecule has 0 aliphatic carbocycles. The van der Waals surface area contributed by atoms with Gasteiger partial charge in [0.1, 0.15) is 109 Å². The number of rotatable bonds is 25. The second kappa shape index (κ2) is 57.4. The number of aliphatic hydroxyl groups excluding tert-OH is 4. The number of fused-ring (bicyclic) bond motifs is 9. The lowest BCUT2D eigenvalue weighted by atomic mass is 9.97. The molecule has 21 amide bonds. The number of amides is 21. The second-order valence-electron chi connectivity index (χ2n) is 33.8. The van der Waals surface area contributed by atoms with E-state index in [2.05, 4.69) is 102 Å². The fraction of sp³-hybridized carbons (Fsp3) is 0.683. The molecule has 4 fully saturated rings. The number of carbonyl (C=O) groups excluding carboxylic acids is 21. The first-order chi connectivity index (χ1) is 65.2. The number of hydrogen-bond acceptors (Lipinski definition) is 33. The van der Waals surface area contributed by atoms with E-state index in [9.17, 15) is 117 Å². The molecule has 0 aromatic rings. The lowest BCUT2D eigenvalue weighted by Gasteiger charge is -2.33. The first kappa shape index (κ1) is 119. The van der Waals surface area contributed by atoms with Crippen LogP contribution in [0.5, 0.6) is 0 Å². The van der Waals surface area contributed by atoms with Crippen LogP contribution in [0.1, 0.15) is 141 Å². The summed E-state index contributed by atoms with van der Waals surface area (Å²) in [4.78, 5) is 344. The molecule has 54 nitrogen and oxygen atoms in total. The fourth-order valence-electron chi connectivity index (χ4n) is 13.8. The van der Waals surface area contributed by atoms with Crippen molar-refractivity contribution < 1.29 is 151 Å². The van der Waals surface area contributed by atoms with Gasteiger partial charge in [-0.15, -0.1) is 0 Å². The number of aliphatic carboxylic acids is 3. The van der Waals surface area contributed by atoms with Gasteiger partial charge in [0.25, 0.3) is 5.91 Å². The van der Waals surface area contributed by atoms with E-state index in [1.165, 1.54) is 27.7 Å². The minimum absolute atomic E-state index is 0.0176. The lowest BCUT2D eigenvalue weighted by molar-refractivity contribution is -0.152. The number of carboxylic acid groups (broad SMARTS) is 3. The fourth-order valence-corrected chi connectivity index (χ4v) is 17.1. The van der Waals surface area contributed by atoms with E-state index in [4.69, 9.17) is 11.5 Å². The molecule has 31 N–H and O–H groups in total. The molecule has 0 saturated carbocycles. The van der Waals surface area contributed by atoms with Crippen molar-refractivity contribution in [3.8, 4) is 0 Å². The number of thioether (sulfide) groups is 3. The Morgan fingerprint density at radius 2 is 1.00 bits per heavy atom. The third-order valence-corrected chi connectivity index (χ3v) is 26.8. The summed E-state index contributed by atoms with van der Waals surface area (Å²) < 4.78 is 0. The minimum atomic E-state index is -3.01. The van der Waals surface area contributed by atoms with Gasteiger partial charge in [0.2, 0.25) is 118 Å². The highest BCUT2D eigenvalue weighted by Gasteiger charge is 2.46. The number of nitrogens with two attached hydrogens (primary N) is 2. The van der Waals surface area contributed by atoms with Crippen LogP contribution in [-0.4, -0.2) is 382 Å². The molecular formula is C82H131N23O31S3. The van der Waals surface area contributed by atoms with Gasteiger partial charge in [0, 0.05) is 46.0 Å². The maximum atomic E-state index is 15.7. The van der Waals surface area contributed by atoms with Gasteiger partial charge in [-0.2, -0.15) is 35.3 Å². The highest BCUT2D eigenvalue weighted by atomic mass is 32.2. The van der Waals surface area contributed by atoms with E-state index in [0.717, 1.165) is 39.5 Å². The molecule has 0 spiro atoms. The van der Waals surface area contributed by atoms with Crippen molar-refractivity contribution in [3.05, 3.63) is 12.3 Å². The van der Waals surface area contributed by atoms with E-state index in [0.29, 0.717) is 35.3 Å². The smallest absolute Gasteiger partial charge is 0.335 e. The molecule has 4 heterocycles. The molecular weight excluding hydrogens is 1900 g/mol. The molecule has 4 bridgehead atoms. The van der Waals surface area contributed by atoms with Crippen LogP contribution in [-0.2, 0) is 115 Å². The number of hydrogen-bond donors (Lipinski definition) is 29. The summed E-state index contributed by atoms with van der Waals surface area (Å²) in [6.07, 6.45) is -6.09. The van der Waals surface area contributed by atoms with Gasteiger partial charge in [-0.05, 0) is 91.5 Å². The molecule has 26 atom stereocenters. The van der Waals surface area contributed by atoms with Gasteiger partial charge in [-0.1, -0.05) is 67.9 Å². The Morgan fingerprint density at radius 1 is 0.489 bits per heavy atom. The Bertz CT molecular complexity index is 4500. The number of unbranched alkanes of at least 4 members (excludes halogenated alkanes) is 1. The van der Waals surface area contributed by atoms with Gasteiger partial charge in [0.15, 0.2) is 6.10 Å². The molecule has 0 aromatic heterocycles. The third kappa shape index (κ3) is 36.8. The van der Waals surface area contributed by atoms with Crippen molar-refractivity contribution in [2.75, 3.05) is 56.7 Å². The topological polar surface area (TPSA) is 847 Å². The zero-order valence-corrected chi connectivity index (χ0v) is 81.2. The number of carbonyl (C=O) groups is 24. The minimum Gasteiger partial charge on any atom is -0.481 e. The molecule has 4 aliphatic rings. The summed E-state index contributed by atoms with van der Waals surface area (Å²) in [6, 6.07) is -36.4. The summed E-state index contributed by atoms with van der Waals surface area (Å²) >= 11 is 1.53. The van der Waals surface area contributed by atoms with E-state index < -0.39 is 359 Å². The van der Waals surface area contributed by atoms with Crippen molar-refractivity contribution in [2.45, 2.75) is 284 Å². The lowest BCUT2D eigenvalue weighted by Crippen LogP contribution is -2.64. The monoisotopic (exact) mass is 2030 g/mol. The van der Waals surface area contributed by atoms with Crippen LogP contribution in [0.15, 0.2) is 12.3 Å². The largest absolute Gasteiger partial charge is 0.481 e. The zero-order chi connectivity index (χ0) is 105. The molecule has 0 unspecified atom stereocenters. The summed E-state index contributed by atoms with van der Waals surface area (Å²) in [5, 5.41) is 116. The van der Waals surface area contributed by atoms with Crippen molar-refractivity contribution in [3.63, 3.8) is 0 Å². The summed E-state index contributed by atoms with van der Waals surface area (Å²) in [6.45, 7) is 14.1. The number of nitrogens with zero attached hydrogens (tertiary/aromatic N) is 1. The number of carboxylic acids is 3. The predicted molar refractivity (Wildman–Crippen MR) is 493 cm³/mol. The highest BCUT2D eigenvalue weighted by molar-refractivity contribution is 8.00. The molecule has 4 saturated heterocycles. The number of aliphatic hydroxyl groups is 4. The molecule has 4 aliphatic heterocycles. The number of nitrogens with one attached hydrogen (secondary N) is 20. The average molecular weight is 2030 g/mol. The molecule has 4 rings (SSSR count). The third-order valence-electron chi connectivity index (χ3n) is 22.8. The van der Waals surface area contributed by atoms with Crippen LogP contribution < -0.4 is 118 Å². The molecule has 0 radical (unpaired) electrons. The van der Waals surface area contributed by atoms with Crippen LogP contribution in [0.25, 0.3) is 0 Å². The Labute approximate surface area is 811 Å². The van der Waals surface area contributed by atoms with Crippen LogP contribution in [0, 0.1) is 11.8 Å². The molecule has 139 heavy (non-hydrogen) atoms. The standard InChI is InChI=1S/C82H131N23O31S3/c1-14-32(3)54-75(127)96-49-31-139-41(12)58(80(132)97-48-30-138-40(11)57(78(130)90-38(9)66(118)99-54)102-76(128)55(33(4)15-2)100-73(125)50-20-18-24-105(50)52(110)26-86-67(119)45(27-106)93-64(116)36(7)89-71(48)123)101-69(121)46(28-107)94-65(117)37(8)88-70(122)47(95-68(120)43(21-22-53(111)112)91-63(115)35(6)87-62(114)34(5)84)29-137-42(13)59(79(131)92-44(81(133)134)19-16-17-23-83)103-77(129)56(39(10)108)98-51(109)25-85-74(126)60(104-72(49)124)61(113)82(135)136/h32-35,37-50,54-61,106-108,113H,7,14-31,83-84H2,1-6,8-13H3,(H,85,126)(H,86,119)(H,87,114)(H,88,122)(H,89,123)(H,90,130)(H,91,115)(H,92,131)(H,93,116)(H,94,117)(H,95,120)(H,96,127)(H,97,132)(H,98,109)(H,99,118)(H,100,125)(H,101,121)(H,102,128)(H,103,129)(H,104,124)(H,111,112)(H,133,134)(H,135,136)/t32-,33-,34-,35-,37-,38-,39+,40-,41-,42-,43-,44-,45-,46-,47-,48-,49-,50-,54-,55-,56-,57+,58+,59+,60-,61+/m0/s1. The Balaban J connectivity index is 2.14. The summed E-state index contributed by atoms with van der Waals surface area (Å²) in [5.74, 6) is -36.8. The second-order valence-corrected chi connectivity index (χ2v) is 38.0. The Morgan fingerprint density at radius 3 is 1.55 bits per heavy atom. The quantitative estimate of drug-likeness (QED) is 0.0298. The first-order valence-electron chi connectivity index (χ1n) is 44.7. The summed E-state index contributed by atoms with van der Waals surface area (Å²) in [5.41, 5.74) is 10.4. The van der Waals surface area contributed by atoms with E-state index in [1.54, 1.807) is 20.8 Å². The van der Waals surface area contributed by atoms with Crippen molar-refractivity contribution in [1.29, 1.82) is 0 Å².